The monoisotopic (exact) mass is 270 g/mol. The first kappa shape index (κ1) is 12.4. The fourth-order valence-corrected chi connectivity index (χ4v) is 2.28. The molecule has 1 N–H and O–H groups in total. The third kappa shape index (κ3) is 1.85. The van der Waals surface area contributed by atoms with Gasteiger partial charge in [0.25, 0.3) is 5.91 Å². The van der Waals surface area contributed by atoms with Gasteiger partial charge in [0, 0.05) is 25.0 Å². The van der Waals surface area contributed by atoms with Gasteiger partial charge >= 0.3 is 6.03 Å². The third-order valence-corrected chi connectivity index (χ3v) is 3.32. The van der Waals surface area contributed by atoms with E-state index in [4.69, 9.17) is 0 Å². The number of urea groups is 1. The molecule has 20 heavy (non-hydrogen) atoms. The molecule has 0 bridgehead atoms. The number of hydrogen-bond donors (Lipinski definition) is 1. The van der Waals surface area contributed by atoms with Crippen molar-refractivity contribution in [1.29, 1.82) is 0 Å². The van der Waals surface area contributed by atoms with E-state index in [1.54, 1.807) is 25.3 Å². The zero-order valence-corrected chi connectivity index (χ0v) is 11.2. The van der Waals surface area contributed by atoms with Crippen LogP contribution < -0.4 is 10.2 Å². The van der Waals surface area contributed by atoms with E-state index in [1.165, 1.54) is 0 Å². The normalized spacial score (nSPS) is 18.5. The quantitative estimate of drug-likeness (QED) is 0.841. The summed E-state index contributed by atoms with van der Waals surface area (Å²) < 4.78 is 1.88. The first-order valence-electron chi connectivity index (χ1n) is 6.30. The number of carbonyl (C=O) groups is 2. The summed E-state index contributed by atoms with van der Waals surface area (Å²) in [5.74, 6) is 0.541. The van der Waals surface area contributed by atoms with Gasteiger partial charge < -0.3 is 9.88 Å². The van der Waals surface area contributed by atoms with Crippen molar-refractivity contribution in [2.24, 2.45) is 7.05 Å². The summed E-state index contributed by atoms with van der Waals surface area (Å²) in [5.41, 5.74) is 1.41. The van der Waals surface area contributed by atoms with E-state index in [-0.39, 0.29) is 11.9 Å². The van der Waals surface area contributed by atoms with Crippen LogP contribution in [-0.4, -0.2) is 27.5 Å². The van der Waals surface area contributed by atoms with Gasteiger partial charge in [0.1, 0.15) is 11.9 Å². The summed E-state index contributed by atoms with van der Waals surface area (Å²) in [5, 5.41) is 2.60. The number of nitrogens with zero attached hydrogens (tertiary/aromatic N) is 3. The molecule has 6 nitrogen and oxygen atoms in total. The number of aromatic nitrogens is 2. The maximum Gasteiger partial charge on any atom is 0.329 e. The second kappa shape index (κ2) is 4.48. The van der Waals surface area contributed by atoms with Crippen LogP contribution in [0.4, 0.5) is 10.5 Å². The van der Waals surface area contributed by atoms with E-state index in [0.29, 0.717) is 5.69 Å². The number of benzene rings is 1. The summed E-state index contributed by atoms with van der Waals surface area (Å²) in [6.07, 6.45) is 3.55. The molecular weight excluding hydrogens is 256 g/mol. The van der Waals surface area contributed by atoms with Gasteiger partial charge in [-0.3, -0.25) is 4.79 Å². The van der Waals surface area contributed by atoms with E-state index in [0.717, 1.165) is 16.3 Å². The largest absolute Gasteiger partial charge is 0.334 e. The minimum absolute atomic E-state index is 0.244. The van der Waals surface area contributed by atoms with Crippen LogP contribution in [0.1, 0.15) is 6.92 Å². The molecule has 1 atom stereocenters. The summed E-state index contributed by atoms with van der Waals surface area (Å²) >= 11 is 0. The highest BCUT2D eigenvalue weighted by Gasteiger charge is 2.36. The molecule has 2 aromatic rings. The van der Waals surface area contributed by atoms with Crippen LogP contribution in [-0.2, 0) is 11.8 Å². The van der Waals surface area contributed by atoms with Gasteiger partial charge in [-0.2, -0.15) is 0 Å². The topological polar surface area (TPSA) is 67.2 Å². The van der Waals surface area contributed by atoms with Crippen LogP contribution in [0.3, 0.4) is 0 Å². The number of carbonyl (C=O) groups excluding carboxylic acids is 2. The van der Waals surface area contributed by atoms with Gasteiger partial charge in [-0.1, -0.05) is 12.1 Å². The van der Waals surface area contributed by atoms with Crippen LogP contribution >= 0.6 is 0 Å². The Morgan fingerprint density at radius 1 is 1.30 bits per heavy atom. The van der Waals surface area contributed by atoms with Crippen LogP contribution in [0.25, 0.3) is 11.4 Å². The fourth-order valence-electron chi connectivity index (χ4n) is 2.28. The second-order valence-corrected chi connectivity index (χ2v) is 4.76. The molecule has 3 amide bonds. The van der Waals surface area contributed by atoms with Crippen LogP contribution in [0.2, 0.25) is 0 Å². The fraction of sp³-hybridized carbons (Fsp3) is 0.214. The molecule has 1 aliphatic heterocycles. The molecule has 0 radical (unpaired) electrons. The number of hydrogen-bond acceptors (Lipinski definition) is 3. The molecule has 3 rings (SSSR count). The average molecular weight is 270 g/mol. The van der Waals surface area contributed by atoms with Crippen molar-refractivity contribution in [1.82, 2.24) is 14.9 Å². The maximum absolute atomic E-state index is 12.0. The Morgan fingerprint density at radius 3 is 2.70 bits per heavy atom. The van der Waals surface area contributed by atoms with Crippen molar-refractivity contribution in [2.75, 3.05) is 4.90 Å². The van der Waals surface area contributed by atoms with E-state index < -0.39 is 6.04 Å². The number of nitrogens with one attached hydrogen (secondary N) is 1. The van der Waals surface area contributed by atoms with Gasteiger partial charge in [-0.05, 0) is 19.1 Å². The summed E-state index contributed by atoms with van der Waals surface area (Å²) in [7, 11) is 1.89. The van der Waals surface area contributed by atoms with Gasteiger partial charge in [0.2, 0.25) is 0 Å². The van der Waals surface area contributed by atoms with Crippen LogP contribution in [0.5, 0.6) is 0 Å². The maximum atomic E-state index is 12.0. The van der Waals surface area contributed by atoms with Crippen molar-refractivity contribution in [2.45, 2.75) is 13.0 Å². The summed E-state index contributed by atoms with van der Waals surface area (Å²) in [4.78, 5) is 29.3. The molecular formula is C14H14N4O2. The number of rotatable bonds is 2. The van der Waals surface area contributed by atoms with Crippen molar-refractivity contribution < 1.29 is 9.59 Å². The molecule has 102 valence electrons. The summed E-state index contributed by atoms with van der Waals surface area (Å²) in [6, 6.07) is 6.36. The first-order chi connectivity index (χ1) is 9.58. The van der Waals surface area contributed by atoms with E-state index in [9.17, 15) is 9.59 Å². The van der Waals surface area contributed by atoms with Crippen molar-refractivity contribution in [3.63, 3.8) is 0 Å². The second-order valence-electron chi connectivity index (χ2n) is 4.76. The highest BCUT2D eigenvalue weighted by Crippen LogP contribution is 2.25. The molecule has 0 unspecified atom stereocenters. The molecule has 0 saturated carbocycles. The van der Waals surface area contributed by atoms with Crippen molar-refractivity contribution >= 4 is 17.6 Å². The predicted octanol–water partition coefficient (Wildman–Crippen LogP) is 1.53. The Morgan fingerprint density at radius 2 is 2.10 bits per heavy atom. The predicted molar refractivity (Wildman–Crippen MR) is 74.1 cm³/mol. The van der Waals surface area contributed by atoms with Gasteiger partial charge in [-0.15, -0.1) is 0 Å². The standard InChI is InChI=1S/C14H14N4O2/c1-9-13(19)18(14(20)16-9)11-5-3-4-10(8-11)12-15-6-7-17(12)2/h3-9H,1-2H3,(H,16,20)/t9-/m1/s1. The minimum atomic E-state index is -0.487. The molecule has 6 heteroatoms. The van der Waals surface area contributed by atoms with Crippen LogP contribution in [0.15, 0.2) is 36.7 Å². The lowest BCUT2D eigenvalue weighted by atomic mass is 10.1. The summed E-state index contributed by atoms with van der Waals surface area (Å²) in [6.45, 7) is 1.67. The van der Waals surface area contributed by atoms with Crippen molar-refractivity contribution in [3.05, 3.63) is 36.7 Å². The molecule has 1 saturated heterocycles. The number of amides is 3. The lowest BCUT2D eigenvalue weighted by Crippen LogP contribution is -2.30. The zero-order valence-electron chi connectivity index (χ0n) is 11.2. The Balaban J connectivity index is 2.02. The first-order valence-corrected chi connectivity index (χ1v) is 6.30. The third-order valence-electron chi connectivity index (χ3n) is 3.32. The molecule has 1 aliphatic rings. The number of anilines is 1. The van der Waals surface area contributed by atoms with Gasteiger partial charge in [-0.25, -0.2) is 14.7 Å². The Labute approximate surface area is 116 Å². The van der Waals surface area contributed by atoms with Crippen molar-refractivity contribution in [3.8, 4) is 11.4 Å². The van der Waals surface area contributed by atoms with Gasteiger partial charge in [0.15, 0.2) is 0 Å². The van der Waals surface area contributed by atoms with E-state index in [2.05, 4.69) is 10.3 Å². The molecule has 0 aliphatic carbocycles. The SMILES string of the molecule is C[C@H]1NC(=O)N(c2cccc(-c3nccn3C)c2)C1=O. The Bertz CT molecular complexity index is 692. The zero-order chi connectivity index (χ0) is 14.3. The molecule has 1 aromatic heterocycles. The smallest absolute Gasteiger partial charge is 0.329 e. The Kier molecular flexibility index (Phi) is 2.78. The Hall–Kier alpha value is -2.63. The molecule has 1 fully saturated rings. The number of imidazole rings is 1. The lowest BCUT2D eigenvalue weighted by Gasteiger charge is -2.13. The van der Waals surface area contributed by atoms with Gasteiger partial charge in [0.05, 0.1) is 5.69 Å². The average Bonchev–Trinajstić information content (AvgIpc) is 2.95. The van der Waals surface area contributed by atoms with Crippen LogP contribution in [0, 0.1) is 0 Å². The number of imide groups is 1. The lowest BCUT2D eigenvalue weighted by molar-refractivity contribution is -0.117. The van der Waals surface area contributed by atoms with E-state index >= 15 is 0 Å². The molecule has 2 heterocycles. The van der Waals surface area contributed by atoms with E-state index in [1.807, 2.05) is 29.9 Å². The highest BCUT2D eigenvalue weighted by atomic mass is 16.2. The molecule has 0 spiro atoms. The number of aryl methyl sites for hydroxylation is 1. The highest BCUT2D eigenvalue weighted by molar-refractivity contribution is 6.21. The minimum Gasteiger partial charge on any atom is -0.334 e. The molecule has 1 aromatic carbocycles.